The number of aromatic nitrogens is 2. The third-order valence-electron chi connectivity index (χ3n) is 3.85. The molecule has 1 heterocycles. The van der Waals surface area contributed by atoms with Gasteiger partial charge < -0.3 is 10.4 Å². The van der Waals surface area contributed by atoms with Gasteiger partial charge in [0.15, 0.2) is 11.0 Å². The molecule has 1 aliphatic carbocycles. The molecule has 0 aromatic carbocycles. The maximum absolute atomic E-state index is 10.5. The number of rotatable bonds is 4. The smallest absolute Gasteiger partial charge is 0.171 e. The summed E-state index contributed by atoms with van der Waals surface area (Å²) in [4.78, 5) is 8.06. The number of nitrogens with one attached hydrogen (secondary N) is 1. The van der Waals surface area contributed by atoms with E-state index in [2.05, 4.69) is 22.2 Å². The van der Waals surface area contributed by atoms with Crippen LogP contribution < -0.4 is 5.32 Å². The molecule has 0 bridgehead atoms. The van der Waals surface area contributed by atoms with Crippen molar-refractivity contribution in [1.29, 1.82) is 0 Å². The number of nitrogens with zero attached hydrogens (tertiary/aromatic N) is 2. The Morgan fingerprint density at radius 1 is 1.39 bits per heavy atom. The van der Waals surface area contributed by atoms with Gasteiger partial charge in [-0.2, -0.15) is 0 Å². The van der Waals surface area contributed by atoms with Crippen LogP contribution in [0, 0.1) is 5.92 Å². The van der Waals surface area contributed by atoms with Crippen molar-refractivity contribution < 1.29 is 5.11 Å². The highest BCUT2D eigenvalue weighted by atomic mass is 35.5. The van der Waals surface area contributed by atoms with E-state index in [0.29, 0.717) is 17.5 Å². The minimum atomic E-state index is -0.632. The van der Waals surface area contributed by atoms with Crippen LogP contribution in [0.4, 0.5) is 5.82 Å². The van der Waals surface area contributed by atoms with Crippen molar-refractivity contribution in [3.05, 3.63) is 17.5 Å². The predicted octanol–water partition coefficient (Wildman–Crippen LogP) is 2.87. The highest BCUT2D eigenvalue weighted by Crippen LogP contribution is 2.33. The fraction of sp³-hybridized carbons (Fsp3) is 0.692. The molecule has 1 aliphatic rings. The highest BCUT2D eigenvalue weighted by Gasteiger charge is 2.32. The summed E-state index contributed by atoms with van der Waals surface area (Å²) in [6.07, 6.45) is 8.24. The molecule has 1 aromatic heterocycles. The van der Waals surface area contributed by atoms with Crippen LogP contribution in [-0.4, -0.2) is 27.2 Å². The van der Waals surface area contributed by atoms with Crippen LogP contribution in [0.3, 0.4) is 0 Å². The van der Waals surface area contributed by atoms with Gasteiger partial charge in [0, 0.05) is 18.9 Å². The molecule has 2 rings (SSSR count). The van der Waals surface area contributed by atoms with Crippen molar-refractivity contribution in [1.82, 2.24) is 9.97 Å². The van der Waals surface area contributed by atoms with E-state index in [4.69, 9.17) is 11.6 Å². The zero-order chi connectivity index (χ0) is 13.0. The third kappa shape index (κ3) is 3.33. The van der Waals surface area contributed by atoms with E-state index in [1.54, 1.807) is 12.4 Å². The van der Waals surface area contributed by atoms with Crippen LogP contribution in [0.5, 0.6) is 0 Å². The molecule has 1 saturated carbocycles. The SMILES string of the molecule is CCC1CCC(O)(CNc2nccnc2Cl)CC1. The summed E-state index contributed by atoms with van der Waals surface area (Å²) < 4.78 is 0. The van der Waals surface area contributed by atoms with Crippen LogP contribution in [0.1, 0.15) is 39.0 Å². The molecule has 5 heteroatoms. The molecule has 0 spiro atoms. The van der Waals surface area contributed by atoms with Gasteiger partial charge in [-0.3, -0.25) is 0 Å². The van der Waals surface area contributed by atoms with Crippen molar-refractivity contribution in [3.63, 3.8) is 0 Å². The Bertz CT molecular complexity index is 392. The minimum Gasteiger partial charge on any atom is -0.388 e. The van der Waals surface area contributed by atoms with Gasteiger partial charge in [0.2, 0.25) is 0 Å². The third-order valence-corrected chi connectivity index (χ3v) is 4.13. The lowest BCUT2D eigenvalue weighted by Gasteiger charge is -2.36. The molecule has 1 aromatic rings. The Hall–Kier alpha value is -0.870. The van der Waals surface area contributed by atoms with Gasteiger partial charge in [-0.15, -0.1) is 0 Å². The Morgan fingerprint density at radius 2 is 2.06 bits per heavy atom. The number of halogens is 1. The van der Waals surface area contributed by atoms with E-state index in [-0.39, 0.29) is 0 Å². The summed E-state index contributed by atoms with van der Waals surface area (Å²) in [6.45, 7) is 2.70. The summed E-state index contributed by atoms with van der Waals surface area (Å²) >= 11 is 5.92. The molecule has 18 heavy (non-hydrogen) atoms. The zero-order valence-electron chi connectivity index (χ0n) is 10.7. The first-order valence-electron chi connectivity index (χ1n) is 6.56. The highest BCUT2D eigenvalue weighted by molar-refractivity contribution is 6.31. The van der Waals surface area contributed by atoms with Crippen molar-refractivity contribution in [2.75, 3.05) is 11.9 Å². The van der Waals surface area contributed by atoms with Crippen LogP contribution in [0.25, 0.3) is 0 Å². The van der Waals surface area contributed by atoms with Crippen molar-refractivity contribution in [2.45, 2.75) is 44.6 Å². The van der Waals surface area contributed by atoms with Crippen molar-refractivity contribution in [3.8, 4) is 0 Å². The van der Waals surface area contributed by atoms with E-state index in [0.717, 1.165) is 31.6 Å². The van der Waals surface area contributed by atoms with Gasteiger partial charge in [-0.05, 0) is 31.6 Å². The Balaban J connectivity index is 1.88. The van der Waals surface area contributed by atoms with E-state index < -0.39 is 5.60 Å². The van der Waals surface area contributed by atoms with E-state index >= 15 is 0 Å². The van der Waals surface area contributed by atoms with Gasteiger partial charge in [0.1, 0.15) is 0 Å². The molecular formula is C13H20ClN3O. The van der Waals surface area contributed by atoms with Crippen LogP contribution in [0.2, 0.25) is 5.15 Å². The maximum Gasteiger partial charge on any atom is 0.171 e. The van der Waals surface area contributed by atoms with Crippen molar-refractivity contribution in [2.24, 2.45) is 5.92 Å². The Labute approximate surface area is 113 Å². The van der Waals surface area contributed by atoms with Crippen LogP contribution in [0.15, 0.2) is 12.4 Å². The summed E-state index contributed by atoms with van der Waals surface area (Å²) in [6, 6.07) is 0. The second-order valence-corrected chi connectivity index (χ2v) is 5.48. The second kappa shape index (κ2) is 5.85. The van der Waals surface area contributed by atoms with E-state index in [1.165, 1.54) is 6.42 Å². The van der Waals surface area contributed by atoms with Gasteiger partial charge in [0.05, 0.1) is 5.60 Å². The first kappa shape index (κ1) is 13.6. The summed E-state index contributed by atoms with van der Waals surface area (Å²) in [5.74, 6) is 1.32. The molecule has 0 unspecified atom stereocenters. The molecule has 0 saturated heterocycles. The lowest BCUT2D eigenvalue weighted by Crippen LogP contribution is -2.40. The van der Waals surface area contributed by atoms with Crippen LogP contribution >= 0.6 is 11.6 Å². The van der Waals surface area contributed by atoms with Crippen LogP contribution in [-0.2, 0) is 0 Å². The normalized spacial score (nSPS) is 28.1. The average molecular weight is 270 g/mol. The molecule has 1 fully saturated rings. The van der Waals surface area contributed by atoms with Gasteiger partial charge in [0.25, 0.3) is 0 Å². The number of aliphatic hydroxyl groups is 1. The fourth-order valence-corrected chi connectivity index (χ4v) is 2.66. The topological polar surface area (TPSA) is 58.0 Å². The lowest BCUT2D eigenvalue weighted by molar-refractivity contribution is 0.00223. The second-order valence-electron chi connectivity index (χ2n) is 5.13. The first-order valence-corrected chi connectivity index (χ1v) is 6.93. The molecule has 4 nitrogen and oxygen atoms in total. The molecular weight excluding hydrogens is 250 g/mol. The average Bonchev–Trinajstić information content (AvgIpc) is 2.39. The monoisotopic (exact) mass is 269 g/mol. The standard InChI is InChI=1S/C13H20ClN3O/c1-2-10-3-5-13(18,6-4-10)9-17-12-11(14)15-7-8-16-12/h7-8,10,18H,2-6,9H2,1H3,(H,16,17). The quantitative estimate of drug-likeness (QED) is 0.882. The summed E-state index contributed by atoms with van der Waals surface area (Å²) in [7, 11) is 0. The Kier molecular flexibility index (Phi) is 4.40. The fourth-order valence-electron chi connectivity index (χ4n) is 2.49. The molecule has 0 aliphatic heterocycles. The predicted molar refractivity (Wildman–Crippen MR) is 72.7 cm³/mol. The lowest BCUT2D eigenvalue weighted by atomic mass is 9.78. The van der Waals surface area contributed by atoms with Gasteiger partial charge in [-0.25, -0.2) is 9.97 Å². The summed E-state index contributed by atoms with van der Waals surface area (Å²) in [5, 5.41) is 13.9. The largest absolute Gasteiger partial charge is 0.388 e. The molecule has 0 radical (unpaired) electrons. The number of hydrogen-bond acceptors (Lipinski definition) is 4. The maximum atomic E-state index is 10.5. The molecule has 2 N–H and O–H groups in total. The van der Waals surface area contributed by atoms with Gasteiger partial charge in [-0.1, -0.05) is 24.9 Å². The van der Waals surface area contributed by atoms with E-state index in [9.17, 15) is 5.11 Å². The molecule has 100 valence electrons. The first-order chi connectivity index (χ1) is 8.63. The minimum absolute atomic E-state index is 0.350. The zero-order valence-corrected chi connectivity index (χ0v) is 11.5. The molecule has 0 amide bonds. The molecule has 0 atom stereocenters. The number of anilines is 1. The number of hydrogen-bond donors (Lipinski definition) is 2. The summed E-state index contributed by atoms with van der Waals surface area (Å²) in [5.41, 5.74) is -0.632. The Morgan fingerprint density at radius 3 is 2.67 bits per heavy atom. The van der Waals surface area contributed by atoms with Crippen molar-refractivity contribution >= 4 is 17.4 Å². The van der Waals surface area contributed by atoms with Gasteiger partial charge >= 0.3 is 0 Å². The van der Waals surface area contributed by atoms with E-state index in [1.807, 2.05) is 0 Å².